The number of alkyl carbamates (subject to hydrolysis) is 1. The van der Waals surface area contributed by atoms with Crippen LogP contribution in [-0.4, -0.2) is 112 Å². The third-order valence-electron chi connectivity index (χ3n) is 9.60. The predicted molar refractivity (Wildman–Crippen MR) is 179 cm³/mol. The first kappa shape index (κ1) is 40.2. The van der Waals surface area contributed by atoms with E-state index in [-0.39, 0.29) is 42.1 Å². The van der Waals surface area contributed by atoms with Gasteiger partial charge in [-0.2, -0.15) is 0 Å². The highest BCUT2D eigenvalue weighted by molar-refractivity contribution is 7.09. The molecule has 14 heteroatoms. The first-order valence-electron chi connectivity index (χ1n) is 16.6. The number of aromatic nitrogens is 1. The van der Waals surface area contributed by atoms with Crippen LogP contribution in [0.25, 0.3) is 0 Å². The molecule has 0 bridgehead atoms. The number of Topliss-reactive ketones (excluding diaryl/α,β-unsaturated/α-hetero) is 2. The summed E-state index contributed by atoms with van der Waals surface area (Å²) in [7, 11) is 3.67. The monoisotopic (exact) mass is 681 g/mol. The van der Waals surface area contributed by atoms with Crippen LogP contribution in [0.3, 0.4) is 0 Å². The number of carbonyl (C=O) groups excluding carboxylic acids is 5. The molecule has 1 aromatic rings. The molecular weight excluding hydrogens is 626 g/mol. The lowest BCUT2D eigenvalue weighted by molar-refractivity contribution is -0.143. The number of aliphatic hydroxyl groups is 2. The summed E-state index contributed by atoms with van der Waals surface area (Å²) in [6, 6.07) is -1.75. The lowest BCUT2D eigenvalue weighted by atomic mass is 9.80. The molecule has 47 heavy (non-hydrogen) atoms. The van der Waals surface area contributed by atoms with Crippen molar-refractivity contribution in [3.63, 3.8) is 0 Å². The van der Waals surface area contributed by atoms with Crippen molar-refractivity contribution in [3.8, 4) is 0 Å². The van der Waals surface area contributed by atoms with Crippen molar-refractivity contribution < 1.29 is 38.9 Å². The molecule has 13 nitrogen and oxygen atoms in total. The number of likely N-dealkylation sites (tertiary alicyclic amines) is 1. The molecular formula is C33H55N5O8S. The van der Waals surface area contributed by atoms with Crippen LogP contribution >= 0.6 is 11.3 Å². The molecule has 2 heterocycles. The lowest BCUT2D eigenvalue weighted by Gasteiger charge is -2.38. The molecule has 1 aromatic heterocycles. The largest absolute Gasteiger partial charge is 0.439 e. The van der Waals surface area contributed by atoms with Crippen molar-refractivity contribution in [3.05, 3.63) is 16.1 Å². The van der Waals surface area contributed by atoms with Crippen LogP contribution < -0.4 is 10.6 Å². The fourth-order valence-corrected chi connectivity index (χ4v) is 6.89. The summed E-state index contributed by atoms with van der Waals surface area (Å²) in [5.41, 5.74) is -0.652. The van der Waals surface area contributed by atoms with Gasteiger partial charge < -0.3 is 30.5 Å². The van der Waals surface area contributed by atoms with Crippen molar-refractivity contribution in [2.75, 3.05) is 33.8 Å². The van der Waals surface area contributed by atoms with Gasteiger partial charge in [0.2, 0.25) is 5.91 Å². The summed E-state index contributed by atoms with van der Waals surface area (Å²) in [4.78, 5) is 73.6. The Labute approximate surface area is 282 Å². The Balaban J connectivity index is 2.37. The maximum Gasteiger partial charge on any atom is 0.407 e. The Morgan fingerprint density at radius 3 is 2.34 bits per heavy atom. The van der Waals surface area contributed by atoms with E-state index in [1.165, 1.54) is 12.3 Å². The van der Waals surface area contributed by atoms with Crippen LogP contribution in [0.5, 0.6) is 0 Å². The Bertz CT molecular complexity index is 1240. The van der Waals surface area contributed by atoms with Crippen LogP contribution in [0.2, 0.25) is 0 Å². The second kappa shape index (κ2) is 18.0. The average Bonchev–Trinajstić information content (AvgIpc) is 3.66. The highest BCUT2D eigenvalue weighted by Crippen LogP contribution is 2.35. The van der Waals surface area contributed by atoms with E-state index in [2.05, 4.69) is 20.5 Å². The van der Waals surface area contributed by atoms with Crippen LogP contribution in [0, 0.1) is 17.8 Å². The van der Waals surface area contributed by atoms with E-state index in [0.29, 0.717) is 11.6 Å². The molecule has 0 aliphatic carbocycles. The van der Waals surface area contributed by atoms with Gasteiger partial charge in [-0.1, -0.05) is 34.1 Å². The number of nitrogens with one attached hydrogen (secondary N) is 2. The number of aliphatic hydroxyl groups excluding tert-OH is 2. The maximum atomic E-state index is 14.2. The Morgan fingerprint density at radius 2 is 1.83 bits per heavy atom. The number of likely N-dealkylation sites (N-methyl/N-ethyl adjacent to an activating group) is 1. The third kappa shape index (κ3) is 10.3. The number of rotatable bonds is 18. The number of hydrogen-bond acceptors (Lipinski definition) is 11. The van der Waals surface area contributed by atoms with E-state index in [4.69, 9.17) is 4.74 Å². The smallest absolute Gasteiger partial charge is 0.407 e. The van der Waals surface area contributed by atoms with E-state index in [1.807, 2.05) is 41.7 Å². The fourth-order valence-electron chi connectivity index (χ4n) is 6.05. The maximum absolute atomic E-state index is 14.2. The zero-order valence-electron chi connectivity index (χ0n) is 29.4. The number of thiazole rings is 1. The Kier molecular flexibility index (Phi) is 15.4. The van der Waals surface area contributed by atoms with Crippen molar-refractivity contribution in [1.82, 2.24) is 25.4 Å². The Hall–Kier alpha value is -2.94. The normalized spacial score (nSPS) is 20.5. The van der Waals surface area contributed by atoms with Gasteiger partial charge >= 0.3 is 6.09 Å². The fraction of sp³-hybridized carbons (Fsp3) is 0.758. The van der Waals surface area contributed by atoms with Gasteiger partial charge in [-0.05, 0) is 59.0 Å². The minimum atomic E-state index is -1.33. The summed E-state index contributed by atoms with van der Waals surface area (Å²) in [5, 5.41) is 25.9. The van der Waals surface area contributed by atoms with E-state index in [0.717, 1.165) is 37.1 Å². The molecule has 1 saturated heterocycles. The van der Waals surface area contributed by atoms with Crippen LogP contribution in [0.15, 0.2) is 5.38 Å². The molecule has 3 amide bonds. The van der Waals surface area contributed by atoms with Gasteiger partial charge in [0.1, 0.15) is 23.4 Å². The quantitative estimate of drug-likeness (QED) is 0.180. The van der Waals surface area contributed by atoms with E-state index >= 15 is 0 Å². The minimum absolute atomic E-state index is 0.0392. The molecule has 1 aliphatic rings. The van der Waals surface area contributed by atoms with E-state index in [9.17, 15) is 34.2 Å². The van der Waals surface area contributed by atoms with Crippen molar-refractivity contribution in [1.29, 1.82) is 0 Å². The van der Waals surface area contributed by atoms with Crippen LogP contribution in [0.4, 0.5) is 4.79 Å². The molecule has 1 aliphatic heterocycles. The molecule has 7 atom stereocenters. The summed E-state index contributed by atoms with van der Waals surface area (Å²) >= 11 is 1.08. The number of hydrogen-bond donors (Lipinski definition) is 4. The molecule has 266 valence electrons. The summed E-state index contributed by atoms with van der Waals surface area (Å²) in [5.74, 6) is -2.22. The molecule has 0 saturated carbocycles. The number of ether oxygens (including phenoxy) is 1. The first-order valence-corrected chi connectivity index (χ1v) is 17.4. The molecule has 2 rings (SSSR count). The van der Waals surface area contributed by atoms with Crippen LogP contribution in [0.1, 0.15) is 102 Å². The standard InChI is InChI=1S/C33H55N5O8S/c1-10-20(5)22(15-27(42)33(7)13-12-14-37(33)8)31(44)38(9)24(19(3)4)16-26(46-32(45)34-11-2)30-35-23(18-47-30)29(43)36-28(21(6)40)25(41)17-39/h18-22,24,26,28,39-40H,10-17H2,1-9H3,(H,34,45)(H,36,43)/t20-,21?,22-,24+,26+,28-,33+/m0/s1. The molecule has 0 aromatic carbocycles. The van der Waals surface area contributed by atoms with Crippen molar-refractivity contribution >= 4 is 40.8 Å². The summed E-state index contributed by atoms with van der Waals surface area (Å²) < 4.78 is 5.78. The molecule has 1 unspecified atom stereocenters. The number of ketones is 2. The molecule has 0 radical (unpaired) electrons. The number of amides is 3. The van der Waals surface area contributed by atoms with Gasteiger partial charge in [0, 0.05) is 43.8 Å². The predicted octanol–water partition coefficient (Wildman–Crippen LogP) is 2.95. The van der Waals surface area contributed by atoms with E-state index < -0.39 is 60.1 Å². The number of nitrogens with zero attached hydrogens (tertiary/aromatic N) is 3. The van der Waals surface area contributed by atoms with Gasteiger partial charge in [-0.3, -0.25) is 24.1 Å². The van der Waals surface area contributed by atoms with Gasteiger partial charge in [-0.15, -0.1) is 11.3 Å². The van der Waals surface area contributed by atoms with E-state index in [1.54, 1.807) is 18.9 Å². The minimum Gasteiger partial charge on any atom is -0.439 e. The second-order valence-corrected chi connectivity index (χ2v) is 14.1. The van der Waals surface area contributed by atoms with Gasteiger partial charge in [-0.25, -0.2) is 9.78 Å². The summed E-state index contributed by atoms with van der Waals surface area (Å²) in [6.07, 6.45) is -0.132. The average molecular weight is 682 g/mol. The third-order valence-corrected chi connectivity index (χ3v) is 10.5. The van der Waals surface area contributed by atoms with Gasteiger partial charge in [0.05, 0.1) is 11.6 Å². The molecule has 1 fully saturated rings. The summed E-state index contributed by atoms with van der Waals surface area (Å²) in [6.45, 7) is 13.3. The van der Waals surface area contributed by atoms with Gasteiger partial charge in [0.15, 0.2) is 17.7 Å². The highest BCUT2D eigenvalue weighted by Gasteiger charge is 2.44. The van der Waals surface area contributed by atoms with Crippen LogP contribution in [-0.2, 0) is 19.1 Å². The van der Waals surface area contributed by atoms with Crippen molar-refractivity contribution in [2.45, 2.75) is 110 Å². The number of carbonyl (C=O) groups is 5. The van der Waals surface area contributed by atoms with Crippen molar-refractivity contribution in [2.24, 2.45) is 17.8 Å². The zero-order valence-corrected chi connectivity index (χ0v) is 30.2. The first-order chi connectivity index (χ1) is 22.0. The molecule has 0 spiro atoms. The Morgan fingerprint density at radius 1 is 1.17 bits per heavy atom. The molecule has 4 N–H and O–H groups in total. The highest BCUT2D eigenvalue weighted by atomic mass is 32.1. The topological polar surface area (TPSA) is 178 Å². The lowest BCUT2D eigenvalue weighted by Crippen LogP contribution is -2.50. The SMILES string of the molecule is CCNC(=O)O[C@H](C[C@H](C(C)C)N(C)C(=O)[C@@H](CC(=O)[C@@]1(C)CCCN1C)[C@@H](C)CC)c1nc(C(=O)N[C@H](C(=O)CO)C(C)O)cs1. The second-order valence-electron chi connectivity index (χ2n) is 13.2. The van der Waals surface area contributed by atoms with Gasteiger partial charge in [0.25, 0.3) is 5.91 Å². The zero-order chi connectivity index (χ0) is 35.6.